The van der Waals surface area contributed by atoms with Crippen LogP contribution in [0.2, 0.25) is 0 Å². The maximum absolute atomic E-state index is 13.5. The van der Waals surface area contributed by atoms with Crippen LogP contribution in [-0.2, 0) is 33.3 Å². The lowest BCUT2D eigenvalue weighted by atomic mass is 10.1. The normalized spacial score (nSPS) is 12.4. The quantitative estimate of drug-likeness (QED) is 0.178. The van der Waals surface area contributed by atoms with Crippen molar-refractivity contribution in [2.45, 2.75) is 78.6 Å². The summed E-state index contributed by atoms with van der Waals surface area (Å²) in [5.74, 6) is -1.05. The van der Waals surface area contributed by atoms with Crippen LogP contribution in [0, 0.1) is 12.8 Å². The number of hydrogen-bond donors (Lipinski definition) is 2. The fraction of sp³-hybridized carbons (Fsp3) is 0.548. The van der Waals surface area contributed by atoms with E-state index < -0.39 is 41.4 Å². The lowest BCUT2D eigenvalue weighted by Crippen LogP contribution is -2.51. The lowest BCUT2D eigenvalue weighted by molar-refractivity contribution is -0.135. The summed E-state index contributed by atoms with van der Waals surface area (Å²) < 4.78 is 55.2. The molecule has 0 aliphatic heterocycles. The molecule has 2 amide bonds. The SMILES string of the molecule is C#C.C/C=C(\C)COC(=O)N[C@H](CS(=O)CCCC(F)(F)F)C(=O)N(CCCN)Cc1cccc(CC)c1.C=CCC. The van der Waals surface area contributed by atoms with E-state index in [1.807, 2.05) is 37.3 Å². The number of nitrogens with two attached hydrogens (primary N) is 1. The third-order valence-corrected chi connectivity index (χ3v) is 7.15. The van der Waals surface area contributed by atoms with Gasteiger partial charge in [-0.15, -0.1) is 19.4 Å². The molecule has 0 bridgehead atoms. The van der Waals surface area contributed by atoms with Crippen molar-refractivity contribution in [1.29, 1.82) is 0 Å². The maximum Gasteiger partial charge on any atom is 0.408 e. The molecular formula is C31H48F3N3O4S. The number of amides is 2. The fourth-order valence-electron chi connectivity index (χ4n) is 3.26. The molecule has 11 heteroatoms. The van der Waals surface area contributed by atoms with Crippen LogP contribution in [0.1, 0.15) is 64.5 Å². The maximum atomic E-state index is 13.5. The summed E-state index contributed by atoms with van der Waals surface area (Å²) in [7, 11) is -1.76. The minimum atomic E-state index is -4.35. The van der Waals surface area contributed by atoms with Gasteiger partial charge in [0.15, 0.2) is 0 Å². The van der Waals surface area contributed by atoms with E-state index in [1.54, 1.807) is 19.9 Å². The summed E-state index contributed by atoms with van der Waals surface area (Å²) >= 11 is 0. The summed E-state index contributed by atoms with van der Waals surface area (Å²) in [6.45, 7) is 12.0. The highest BCUT2D eigenvalue weighted by Gasteiger charge is 2.30. The zero-order chi connectivity index (χ0) is 32.6. The first kappa shape index (κ1) is 41.0. The Kier molecular flexibility index (Phi) is 23.9. The number of benzene rings is 1. The number of aryl methyl sites for hydroxylation is 1. The lowest BCUT2D eigenvalue weighted by Gasteiger charge is -2.28. The number of nitrogens with one attached hydrogen (secondary N) is 1. The largest absolute Gasteiger partial charge is 0.445 e. The second-order valence-corrected chi connectivity index (χ2v) is 10.8. The Balaban J connectivity index is 0. The molecule has 3 N–H and O–H groups in total. The zero-order valence-electron chi connectivity index (χ0n) is 25.4. The average molecular weight is 616 g/mol. The van der Waals surface area contributed by atoms with Gasteiger partial charge in [-0.05, 0) is 62.8 Å². The van der Waals surface area contributed by atoms with Crippen LogP contribution in [-0.4, -0.2) is 64.5 Å². The van der Waals surface area contributed by atoms with Crippen molar-refractivity contribution in [2.24, 2.45) is 5.73 Å². The molecule has 0 aliphatic rings. The molecule has 7 nitrogen and oxygen atoms in total. The van der Waals surface area contributed by atoms with E-state index in [0.29, 0.717) is 19.5 Å². The second kappa shape index (κ2) is 24.5. The van der Waals surface area contributed by atoms with Gasteiger partial charge in [-0.1, -0.05) is 50.3 Å². The van der Waals surface area contributed by atoms with Crippen LogP contribution in [0.3, 0.4) is 0 Å². The first-order chi connectivity index (χ1) is 19.9. The molecule has 0 aliphatic carbocycles. The molecule has 0 saturated carbocycles. The van der Waals surface area contributed by atoms with Crippen LogP contribution in [0.25, 0.3) is 0 Å². The molecule has 0 radical (unpaired) electrons. The van der Waals surface area contributed by atoms with Crippen molar-refractivity contribution >= 4 is 22.8 Å². The predicted octanol–water partition coefficient (Wildman–Crippen LogP) is 5.91. The number of nitrogens with zero attached hydrogens (tertiary/aromatic N) is 1. The Labute approximate surface area is 252 Å². The number of carbonyl (C=O) groups excluding carboxylic acids is 2. The Hall–Kier alpha value is -3.10. The Morgan fingerprint density at radius 1 is 1.21 bits per heavy atom. The molecule has 1 unspecified atom stereocenters. The highest BCUT2D eigenvalue weighted by atomic mass is 32.2. The molecule has 0 saturated heterocycles. The summed E-state index contributed by atoms with van der Waals surface area (Å²) in [6.07, 6.45) is 7.44. The number of hydrogen-bond acceptors (Lipinski definition) is 5. The number of ether oxygens (including phenoxy) is 1. The van der Waals surface area contributed by atoms with Gasteiger partial charge >= 0.3 is 12.3 Å². The van der Waals surface area contributed by atoms with E-state index >= 15 is 0 Å². The van der Waals surface area contributed by atoms with E-state index in [1.165, 1.54) is 4.90 Å². The number of alkyl halides is 3. The van der Waals surface area contributed by atoms with E-state index in [4.69, 9.17) is 10.5 Å². The smallest absolute Gasteiger partial charge is 0.408 e. The van der Waals surface area contributed by atoms with Crippen molar-refractivity contribution in [3.8, 4) is 12.8 Å². The standard InChI is InChI=1S/C25H38F3N3O4S.C4H8.C2H2/c1-4-19(3)17-35-24(33)30-22(18-36(34)14-7-11-25(26,27)28)23(32)31(13-8-12-29)16-21-10-6-9-20(5-2)15-21;1-3-4-2;1-2/h4,6,9-10,15,22H,5,7-8,11-14,16-18,29H2,1-3H3,(H,30,33);3H,1,4H2,2H3;1-2H/b19-4+;;/t22-,36?;;/m1../s1. The van der Waals surface area contributed by atoms with Crippen molar-refractivity contribution in [2.75, 3.05) is 31.2 Å². The second-order valence-electron chi connectivity index (χ2n) is 9.21. The van der Waals surface area contributed by atoms with Crippen molar-refractivity contribution < 1.29 is 31.7 Å². The average Bonchev–Trinajstić information content (AvgIpc) is 2.97. The molecule has 0 fully saturated rings. The van der Waals surface area contributed by atoms with Crippen molar-refractivity contribution in [1.82, 2.24) is 10.2 Å². The highest BCUT2D eigenvalue weighted by Crippen LogP contribution is 2.21. The van der Waals surface area contributed by atoms with Crippen molar-refractivity contribution in [3.05, 3.63) is 59.7 Å². The zero-order valence-corrected chi connectivity index (χ0v) is 26.2. The molecule has 42 heavy (non-hydrogen) atoms. The molecule has 238 valence electrons. The molecule has 0 spiro atoms. The minimum absolute atomic E-state index is 0.0125. The third kappa shape index (κ3) is 20.7. The van der Waals surface area contributed by atoms with E-state index in [-0.39, 0.29) is 31.1 Å². The molecule has 1 rings (SSSR count). The molecule has 0 aromatic heterocycles. The third-order valence-electron chi connectivity index (χ3n) is 5.70. The van der Waals surface area contributed by atoms with Gasteiger partial charge in [-0.25, -0.2) is 4.79 Å². The van der Waals surface area contributed by atoms with E-state index in [9.17, 15) is 27.0 Å². The molecular weight excluding hydrogens is 567 g/mol. The highest BCUT2D eigenvalue weighted by molar-refractivity contribution is 7.85. The van der Waals surface area contributed by atoms with Gasteiger partial charge in [0.05, 0.1) is 5.75 Å². The predicted molar refractivity (Wildman–Crippen MR) is 166 cm³/mol. The van der Waals surface area contributed by atoms with Crippen LogP contribution in [0.15, 0.2) is 48.6 Å². The van der Waals surface area contributed by atoms with E-state index in [2.05, 4.69) is 31.7 Å². The molecule has 0 heterocycles. The molecule has 1 aromatic carbocycles. The van der Waals surface area contributed by atoms with Crippen LogP contribution in [0.4, 0.5) is 18.0 Å². The molecule has 1 aromatic rings. The van der Waals surface area contributed by atoms with Gasteiger partial charge < -0.3 is 20.7 Å². The topological polar surface area (TPSA) is 102 Å². The van der Waals surface area contributed by atoms with Gasteiger partial charge in [0, 0.05) is 36.1 Å². The van der Waals surface area contributed by atoms with Gasteiger partial charge in [-0.2, -0.15) is 13.2 Å². The first-order valence-corrected chi connectivity index (χ1v) is 15.4. The van der Waals surface area contributed by atoms with Gasteiger partial charge in [0.2, 0.25) is 5.91 Å². The number of alkyl carbamates (subject to hydrolysis) is 1. The van der Waals surface area contributed by atoms with Crippen LogP contribution >= 0.6 is 0 Å². The van der Waals surface area contributed by atoms with Gasteiger partial charge in [-0.3, -0.25) is 9.00 Å². The summed E-state index contributed by atoms with van der Waals surface area (Å²) in [6, 6.07) is 6.52. The minimum Gasteiger partial charge on any atom is -0.445 e. The number of rotatable bonds is 16. The van der Waals surface area contributed by atoms with E-state index in [0.717, 1.165) is 29.5 Å². The Bertz CT molecular complexity index is 997. The Morgan fingerprint density at radius 3 is 2.36 bits per heavy atom. The van der Waals surface area contributed by atoms with Gasteiger partial charge in [0.25, 0.3) is 0 Å². The van der Waals surface area contributed by atoms with Crippen LogP contribution in [0.5, 0.6) is 0 Å². The monoisotopic (exact) mass is 615 g/mol. The van der Waals surface area contributed by atoms with Crippen molar-refractivity contribution in [3.63, 3.8) is 0 Å². The molecule has 2 atom stereocenters. The summed E-state index contributed by atoms with van der Waals surface area (Å²) in [4.78, 5) is 27.4. The first-order valence-electron chi connectivity index (χ1n) is 13.9. The van der Waals surface area contributed by atoms with Crippen LogP contribution < -0.4 is 11.1 Å². The fourth-order valence-corrected chi connectivity index (χ4v) is 4.49. The number of terminal acetylenes is 1. The summed E-state index contributed by atoms with van der Waals surface area (Å²) in [5.41, 5.74) is 8.43. The summed E-state index contributed by atoms with van der Waals surface area (Å²) in [5, 5.41) is 2.47. The number of halogens is 3. The Morgan fingerprint density at radius 2 is 1.83 bits per heavy atom. The number of carbonyl (C=O) groups is 2. The number of allylic oxidation sites excluding steroid dienone is 2. The van der Waals surface area contributed by atoms with Gasteiger partial charge in [0.1, 0.15) is 12.6 Å².